The number of benzene rings is 11. The Labute approximate surface area is 341 Å². The summed E-state index contributed by atoms with van der Waals surface area (Å²) in [5.41, 5.74) is 11.4. The lowest BCUT2D eigenvalue weighted by molar-refractivity contribution is 1.18. The molecule has 0 aliphatic heterocycles. The van der Waals surface area contributed by atoms with E-state index in [1.54, 1.807) is 0 Å². The molecule has 12 rings (SSSR count). The molecule has 272 valence electrons. The molecule has 0 fully saturated rings. The van der Waals surface area contributed by atoms with Crippen LogP contribution in [0, 0.1) is 6.57 Å². The smallest absolute Gasteiger partial charge is 0.187 e. The third-order valence-electron chi connectivity index (χ3n) is 12.4. The highest BCUT2D eigenvalue weighted by Crippen LogP contribution is 2.46. The Kier molecular flexibility index (Phi) is 7.33. The van der Waals surface area contributed by atoms with Crippen LogP contribution < -0.4 is 0 Å². The van der Waals surface area contributed by atoms with E-state index in [4.69, 9.17) is 6.57 Å². The van der Waals surface area contributed by atoms with Gasteiger partial charge in [-0.15, -0.1) is 0 Å². The highest BCUT2D eigenvalue weighted by atomic mass is 15.0. The van der Waals surface area contributed by atoms with E-state index in [9.17, 15) is 0 Å². The van der Waals surface area contributed by atoms with Crippen molar-refractivity contribution < 1.29 is 0 Å². The molecular weight excluding hydrogens is 713 g/mol. The van der Waals surface area contributed by atoms with Gasteiger partial charge in [0.05, 0.1) is 17.6 Å². The molecule has 2 nitrogen and oxygen atoms in total. The van der Waals surface area contributed by atoms with Crippen molar-refractivity contribution in [2.24, 2.45) is 0 Å². The van der Waals surface area contributed by atoms with Gasteiger partial charge in [0.1, 0.15) is 0 Å². The van der Waals surface area contributed by atoms with Gasteiger partial charge in [0.25, 0.3) is 0 Å². The van der Waals surface area contributed by atoms with Gasteiger partial charge in [-0.3, -0.25) is 0 Å². The monoisotopic (exact) mass is 746 g/mol. The molecule has 0 saturated heterocycles. The number of hydrogen-bond donors (Lipinski definition) is 0. The molecule has 0 unspecified atom stereocenters. The first-order valence-corrected chi connectivity index (χ1v) is 20.1. The molecule has 12 aromatic rings. The van der Waals surface area contributed by atoms with Gasteiger partial charge in [0, 0.05) is 16.5 Å². The van der Waals surface area contributed by atoms with Crippen LogP contribution in [-0.4, -0.2) is 4.57 Å². The number of para-hydroxylation sites is 2. The molecule has 0 atom stereocenters. The van der Waals surface area contributed by atoms with Crippen LogP contribution in [0.2, 0.25) is 0 Å². The fourth-order valence-electron chi connectivity index (χ4n) is 9.73. The number of nitrogens with zero attached hydrogens (tertiary/aromatic N) is 2. The lowest BCUT2D eigenvalue weighted by Crippen LogP contribution is -1.93. The molecule has 0 bridgehead atoms. The van der Waals surface area contributed by atoms with Crippen LogP contribution in [0.4, 0.5) is 5.69 Å². The summed E-state index contributed by atoms with van der Waals surface area (Å²) in [7, 11) is 0. The third kappa shape index (κ3) is 5.05. The zero-order valence-electron chi connectivity index (χ0n) is 32.0. The molecule has 1 aromatic heterocycles. The fourth-order valence-corrected chi connectivity index (χ4v) is 9.73. The molecule has 11 aromatic carbocycles. The molecule has 59 heavy (non-hydrogen) atoms. The van der Waals surface area contributed by atoms with Crippen LogP contribution in [-0.2, 0) is 0 Å². The van der Waals surface area contributed by atoms with E-state index in [-0.39, 0.29) is 0 Å². The van der Waals surface area contributed by atoms with Gasteiger partial charge in [0.15, 0.2) is 5.69 Å². The fraction of sp³-hybridized carbons (Fsp3) is 0. The molecule has 0 aliphatic carbocycles. The van der Waals surface area contributed by atoms with Crippen LogP contribution in [0.1, 0.15) is 0 Å². The zero-order valence-corrected chi connectivity index (χ0v) is 32.0. The average Bonchev–Trinajstić information content (AvgIpc) is 3.63. The first-order valence-electron chi connectivity index (χ1n) is 20.1. The SMILES string of the molecule is [C-]#[N+]c1ccc(-c2ccc(-c3c4ccccc4c(-c4ccc5c(c4)c4ccccc4c4cc6c7ccccc7n(-c7ccccc7)c6cc54)c4ccccc34)cc2)cc1. The van der Waals surface area contributed by atoms with E-state index in [0.29, 0.717) is 5.69 Å². The zero-order chi connectivity index (χ0) is 39.0. The average molecular weight is 747 g/mol. The molecule has 0 radical (unpaired) electrons. The van der Waals surface area contributed by atoms with Crippen LogP contribution in [0.15, 0.2) is 206 Å². The van der Waals surface area contributed by atoms with Crippen molar-refractivity contribution in [3.05, 3.63) is 218 Å². The Hall–Kier alpha value is -7.99. The highest BCUT2D eigenvalue weighted by Gasteiger charge is 2.20. The summed E-state index contributed by atoms with van der Waals surface area (Å²) in [4.78, 5) is 3.56. The van der Waals surface area contributed by atoms with Crippen LogP contribution in [0.25, 0.3) is 120 Å². The van der Waals surface area contributed by atoms with E-state index in [1.165, 1.54) is 97.9 Å². The first kappa shape index (κ1) is 33.2. The van der Waals surface area contributed by atoms with Gasteiger partial charge < -0.3 is 4.57 Å². The summed E-state index contributed by atoms with van der Waals surface area (Å²) in [5.74, 6) is 0. The molecule has 0 saturated carbocycles. The maximum absolute atomic E-state index is 7.34. The second-order valence-corrected chi connectivity index (χ2v) is 15.5. The van der Waals surface area contributed by atoms with Crippen LogP contribution >= 0.6 is 0 Å². The summed E-state index contributed by atoms with van der Waals surface area (Å²) in [6.07, 6.45) is 0. The van der Waals surface area contributed by atoms with Crippen molar-refractivity contribution in [2.75, 3.05) is 0 Å². The van der Waals surface area contributed by atoms with Crippen molar-refractivity contribution in [3.63, 3.8) is 0 Å². The second kappa shape index (κ2) is 13.0. The number of hydrogen-bond acceptors (Lipinski definition) is 0. The maximum atomic E-state index is 7.34. The van der Waals surface area contributed by atoms with Gasteiger partial charge in [-0.05, 0) is 124 Å². The van der Waals surface area contributed by atoms with Crippen molar-refractivity contribution in [1.82, 2.24) is 4.57 Å². The van der Waals surface area contributed by atoms with Crippen LogP contribution in [0.3, 0.4) is 0 Å². The normalized spacial score (nSPS) is 11.7. The van der Waals surface area contributed by atoms with E-state index >= 15 is 0 Å². The number of aromatic nitrogens is 1. The molecular formula is C57H34N2. The molecule has 1 heterocycles. The standard InChI is InChI=1S/C57H34N2/c1-58-40-30-27-37(28-31-40)36-23-25-38(26-24-36)56-46-18-7-9-20-48(46)57(49-21-10-8-19-47(49)56)39-29-32-44-50(33-39)42-15-5-6-16-43(42)51-34-53-45-17-11-12-22-54(45)59(55(53)35-52(44)51)41-13-3-2-4-14-41/h2-35H. The van der Waals surface area contributed by atoms with E-state index in [2.05, 4.69) is 191 Å². The number of fused-ring (bicyclic) bond motifs is 11. The van der Waals surface area contributed by atoms with E-state index in [1.807, 2.05) is 24.3 Å². The van der Waals surface area contributed by atoms with Gasteiger partial charge in [-0.25, -0.2) is 4.85 Å². The molecule has 0 spiro atoms. The molecule has 0 amide bonds. The largest absolute Gasteiger partial charge is 0.309 e. The van der Waals surface area contributed by atoms with E-state index < -0.39 is 0 Å². The highest BCUT2D eigenvalue weighted by molar-refractivity contribution is 6.30. The summed E-state index contributed by atoms with van der Waals surface area (Å²) < 4.78 is 2.42. The topological polar surface area (TPSA) is 9.29 Å². The Morgan fingerprint density at radius 1 is 0.288 bits per heavy atom. The van der Waals surface area contributed by atoms with Crippen molar-refractivity contribution >= 4 is 81.4 Å². The van der Waals surface area contributed by atoms with Crippen molar-refractivity contribution in [3.8, 4) is 39.1 Å². The predicted octanol–water partition coefficient (Wildman–Crippen LogP) is 16.1. The Morgan fingerprint density at radius 2 is 0.729 bits per heavy atom. The summed E-state index contributed by atoms with van der Waals surface area (Å²) in [6, 6.07) is 75.0. The quantitative estimate of drug-likeness (QED) is 0.0964. The van der Waals surface area contributed by atoms with Gasteiger partial charge in [-0.2, -0.15) is 0 Å². The lowest BCUT2D eigenvalue weighted by Gasteiger charge is -2.19. The minimum Gasteiger partial charge on any atom is -0.309 e. The minimum atomic E-state index is 0.654. The van der Waals surface area contributed by atoms with E-state index in [0.717, 1.165) is 16.8 Å². The van der Waals surface area contributed by atoms with Gasteiger partial charge >= 0.3 is 0 Å². The molecule has 0 aliphatic rings. The second-order valence-electron chi connectivity index (χ2n) is 15.5. The van der Waals surface area contributed by atoms with Gasteiger partial charge in [-0.1, -0.05) is 170 Å². The molecule has 0 N–H and O–H groups in total. The minimum absolute atomic E-state index is 0.654. The van der Waals surface area contributed by atoms with Gasteiger partial charge in [0.2, 0.25) is 0 Å². The summed E-state index contributed by atoms with van der Waals surface area (Å²) in [6.45, 7) is 7.34. The molecule has 2 heteroatoms. The lowest BCUT2D eigenvalue weighted by atomic mass is 9.84. The summed E-state index contributed by atoms with van der Waals surface area (Å²) >= 11 is 0. The van der Waals surface area contributed by atoms with Crippen molar-refractivity contribution in [2.45, 2.75) is 0 Å². The third-order valence-corrected chi connectivity index (χ3v) is 12.4. The maximum Gasteiger partial charge on any atom is 0.187 e. The summed E-state index contributed by atoms with van der Waals surface area (Å²) in [5, 5.41) is 15.0. The number of rotatable bonds is 4. The Morgan fingerprint density at radius 3 is 1.34 bits per heavy atom. The Bertz CT molecular complexity index is 3640. The van der Waals surface area contributed by atoms with Crippen molar-refractivity contribution in [1.29, 1.82) is 0 Å². The predicted molar refractivity (Wildman–Crippen MR) is 251 cm³/mol. The Balaban J connectivity index is 1.10. The first-order chi connectivity index (χ1) is 29.2. The van der Waals surface area contributed by atoms with Crippen LogP contribution in [0.5, 0.6) is 0 Å².